The second-order valence-electron chi connectivity index (χ2n) is 5.11. The van der Waals surface area contributed by atoms with E-state index in [2.05, 4.69) is 4.98 Å². The minimum atomic E-state index is -1.51. The second-order valence-corrected chi connectivity index (χ2v) is 5.11. The third kappa shape index (κ3) is 1.99. The summed E-state index contributed by atoms with van der Waals surface area (Å²) in [6, 6.07) is 18.6. The average Bonchev–Trinajstić information content (AvgIpc) is 2.97. The molecule has 0 bridgehead atoms. The molecule has 4 aromatic rings. The Morgan fingerprint density at radius 3 is 2.41 bits per heavy atom. The van der Waals surface area contributed by atoms with Crippen LogP contribution in [0.4, 0.5) is 0 Å². The van der Waals surface area contributed by atoms with Gasteiger partial charge in [-0.1, -0.05) is 42.5 Å². The molecule has 5 heteroatoms. The van der Waals surface area contributed by atoms with Crippen LogP contribution in [0.3, 0.4) is 0 Å². The molecule has 0 radical (unpaired) electrons. The molecule has 0 unspecified atom stereocenters. The monoisotopic (exact) mass is 289 g/mol. The van der Waals surface area contributed by atoms with E-state index in [0.29, 0.717) is 11.4 Å². The fourth-order valence-corrected chi connectivity index (χ4v) is 2.73. The highest BCUT2D eigenvalue weighted by Crippen LogP contribution is 2.29. The van der Waals surface area contributed by atoms with Gasteiger partial charge in [0.2, 0.25) is 5.89 Å². The molecule has 1 aromatic heterocycles. The van der Waals surface area contributed by atoms with E-state index >= 15 is 0 Å². The summed E-state index contributed by atoms with van der Waals surface area (Å²) < 4.78 is 5.83. The fraction of sp³-hybridized carbons (Fsp3) is 0. The van der Waals surface area contributed by atoms with Crippen LogP contribution < -0.4 is 5.46 Å². The average molecular weight is 289 g/mol. The first-order valence-electron chi connectivity index (χ1n) is 6.98. The second kappa shape index (κ2) is 4.98. The van der Waals surface area contributed by atoms with Gasteiger partial charge in [-0.05, 0) is 34.4 Å². The lowest BCUT2D eigenvalue weighted by Crippen LogP contribution is -2.30. The predicted molar refractivity (Wildman–Crippen MR) is 86.8 cm³/mol. The summed E-state index contributed by atoms with van der Waals surface area (Å²) in [6.07, 6.45) is 0. The van der Waals surface area contributed by atoms with Crippen LogP contribution in [0.25, 0.3) is 33.3 Å². The molecule has 0 aliphatic carbocycles. The third-order valence-corrected chi connectivity index (χ3v) is 3.76. The number of fused-ring (bicyclic) bond motifs is 2. The fourth-order valence-electron chi connectivity index (χ4n) is 2.73. The van der Waals surface area contributed by atoms with Crippen molar-refractivity contribution in [1.29, 1.82) is 0 Å². The molecule has 22 heavy (non-hydrogen) atoms. The van der Waals surface area contributed by atoms with Crippen molar-refractivity contribution in [2.24, 2.45) is 0 Å². The minimum Gasteiger partial charge on any atom is -0.436 e. The predicted octanol–water partition coefficient (Wildman–Crippen LogP) is 2.33. The Balaban J connectivity index is 2.00. The van der Waals surface area contributed by atoms with E-state index in [1.807, 2.05) is 48.5 Å². The maximum atomic E-state index is 9.51. The van der Waals surface area contributed by atoms with Gasteiger partial charge in [0.15, 0.2) is 5.58 Å². The summed E-state index contributed by atoms with van der Waals surface area (Å²) in [5.41, 5.74) is 2.83. The van der Waals surface area contributed by atoms with Gasteiger partial charge in [-0.3, -0.25) is 0 Å². The lowest BCUT2D eigenvalue weighted by Gasteiger charge is -2.08. The van der Waals surface area contributed by atoms with Crippen molar-refractivity contribution < 1.29 is 14.5 Å². The summed E-state index contributed by atoms with van der Waals surface area (Å²) in [7, 11) is -1.51. The van der Waals surface area contributed by atoms with Crippen molar-refractivity contribution in [3.63, 3.8) is 0 Å². The topological polar surface area (TPSA) is 66.5 Å². The number of aromatic nitrogens is 1. The van der Waals surface area contributed by atoms with E-state index in [1.165, 1.54) is 0 Å². The first kappa shape index (κ1) is 13.1. The maximum Gasteiger partial charge on any atom is 0.489 e. The van der Waals surface area contributed by atoms with Crippen molar-refractivity contribution in [3.8, 4) is 11.5 Å². The van der Waals surface area contributed by atoms with Crippen LogP contribution in [0.15, 0.2) is 65.1 Å². The summed E-state index contributed by atoms with van der Waals surface area (Å²) in [5.74, 6) is 0.524. The Morgan fingerprint density at radius 1 is 0.818 bits per heavy atom. The van der Waals surface area contributed by atoms with Gasteiger partial charge in [-0.25, -0.2) is 4.98 Å². The van der Waals surface area contributed by atoms with E-state index in [1.54, 1.807) is 12.1 Å². The van der Waals surface area contributed by atoms with Crippen molar-refractivity contribution in [3.05, 3.63) is 60.7 Å². The molecule has 1 heterocycles. The van der Waals surface area contributed by atoms with E-state index in [-0.39, 0.29) is 0 Å². The standard InChI is InChI=1S/C17H12BNO3/c20-18(21)14-8-4-5-11-12(14)6-3-7-13(11)17-19-15-9-1-2-10-16(15)22-17/h1-10,20-21H. The number of nitrogens with zero attached hydrogens (tertiary/aromatic N) is 1. The van der Waals surface area contributed by atoms with Crippen LogP contribution in [-0.2, 0) is 0 Å². The van der Waals surface area contributed by atoms with Gasteiger partial charge in [0.25, 0.3) is 0 Å². The van der Waals surface area contributed by atoms with Gasteiger partial charge in [-0.2, -0.15) is 0 Å². The highest BCUT2D eigenvalue weighted by Gasteiger charge is 2.17. The van der Waals surface area contributed by atoms with Gasteiger partial charge in [0, 0.05) is 5.56 Å². The van der Waals surface area contributed by atoms with E-state index in [0.717, 1.165) is 27.4 Å². The van der Waals surface area contributed by atoms with Crippen molar-refractivity contribution in [2.45, 2.75) is 0 Å². The molecule has 4 nitrogen and oxygen atoms in total. The van der Waals surface area contributed by atoms with Gasteiger partial charge in [-0.15, -0.1) is 0 Å². The Kier molecular flexibility index (Phi) is 2.96. The van der Waals surface area contributed by atoms with Crippen LogP contribution in [0.5, 0.6) is 0 Å². The molecule has 0 atom stereocenters. The van der Waals surface area contributed by atoms with Gasteiger partial charge in [0.05, 0.1) is 0 Å². The first-order valence-corrected chi connectivity index (χ1v) is 6.98. The SMILES string of the molecule is OB(O)c1cccc2c(-c3nc4ccccc4o3)cccc12. The normalized spacial score (nSPS) is 11.2. The van der Waals surface area contributed by atoms with Crippen LogP contribution in [0.2, 0.25) is 0 Å². The summed E-state index contributed by atoms with van der Waals surface area (Å²) in [4.78, 5) is 4.52. The summed E-state index contributed by atoms with van der Waals surface area (Å²) >= 11 is 0. The number of para-hydroxylation sites is 2. The Hall–Kier alpha value is -2.63. The number of hydrogen-bond acceptors (Lipinski definition) is 4. The molecule has 4 rings (SSSR count). The lowest BCUT2D eigenvalue weighted by atomic mass is 9.77. The van der Waals surface area contributed by atoms with E-state index < -0.39 is 7.12 Å². The molecule has 0 spiro atoms. The van der Waals surface area contributed by atoms with Crippen LogP contribution in [0, 0.1) is 0 Å². The molecule has 0 aliphatic rings. The molecule has 0 fully saturated rings. The zero-order chi connectivity index (χ0) is 15.1. The molecule has 0 aliphatic heterocycles. The van der Waals surface area contributed by atoms with Gasteiger partial charge >= 0.3 is 7.12 Å². The highest BCUT2D eigenvalue weighted by atomic mass is 16.4. The number of oxazole rings is 1. The smallest absolute Gasteiger partial charge is 0.436 e. The minimum absolute atomic E-state index is 0.468. The summed E-state index contributed by atoms with van der Waals surface area (Å²) in [5, 5.41) is 20.7. The van der Waals surface area contributed by atoms with E-state index in [4.69, 9.17) is 4.42 Å². The summed E-state index contributed by atoms with van der Waals surface area (Å²) in [6.45, 7) is 0. The molecule has 106 valence electrons. The van der Waals surface area contributed by atoms with Crippen molar-refractivity contribution in [2.75, 3.05) is 0 Å². The van der Waals surface area contributed by atoms with Crippen molar-refractivity contribution in [1.82, 2.24) is 4.98 Å². The molecular formula is C17H12BNO3. The van der Waals surface area contributed by atoms with Crippen LogP contribution in [0.1, 0.15) is 0 Å². The molecule has 0 saturated carbocycles. The van der Waals surface area contributed by atoms with Crippen molar-refractivity contribution >= 4 is 34.5 Å². The molecule has 3 aromatic carbocycles. The zero-order valence-corrected chi connectivity index (χ0v) is 11.6. The Morgan fingerprint density at radius 2 is 1.59 bits per heavy atom. The molecule has 2 N–H and O–H groups in total. The number of rotatable bonds is 2. The third-order valence-electron chi connectivity index (χ3n) is 3.76. The molecule has 0 amide bonds. The number of benzene rings is 3. The maximum absolute atomic E-state index is 9.51. The number of hydrogen-bond donors (Lipinski definition) is 2. The Labute approximate surface area is 126 Å². The molecular weight excluding hydrogens is 277 g/mol. The molecule has 0 saturated heterocycles. The van der Waals surface area contributed by atoms with Gasteiger partial charge in [0.1, 0.15) is 5.52 Å². The van der Waals surface area contributed by atoms with E-state index in [9.17, 15) is 10.0 Å². The highest BCUT2D eigenvalue weighted by molar-refractivity contribution is 6.62. The quantitative estimate of drug-likeness (QED) is 0.556. The van der Waals surface area contributed by atoms with Crippen LogP contribution in [-0.4, -0.2) is 22.2 Å². The first-order chi connectivity index (χ1) is 10.7. The zero-order valence-electron chi connectivity index (χ0n) is 11.6. The lowest BCUT2D eigenvalue weighted by molar-refractivity contribution is 0.426. The largest absolute Gasteiger partial charge is 0.489 e. The van der Waals surface area contributed by atoms with Crippen LogP contribution >= 0.6 is 0 Å². The Bertz CT molecular complexity index is 945. The van der Waals surface area contributed by atoms with Gasteiger partial charge < -0.3 is 14.5 Å².